The van der Waals surface area contributed by atoms with Gasteiger partial charge in [-0.1, -0.05) is 162 Å². The number of hydrogen-bond acceptors (Lipinski definition) is 18. The predicted octanol–water partition coefficient (Wildman–Crippen LogP) is 13.7. The molecular formula is C86H128N10O12S2. The second kappa shape index (κ2) is 44.8. The van der Waals surface area contributed by atoms with E-state index >= 15 is 0 Å². The third-order valence-electron chi connectivity index (χ3n) is 17.7. The minimum absolute atomic E-state index is 0. The van der Waals surface area contributed by atoms with E-state index in [2.05, 4.69) is 0 Å². The molecule has 0 radical (unpaired) electrons. The molecule has 0 saturated heterocycles. The molecule has 6 aromatic rings. The fourth-order valence-corrected chi connectivity index (χ4v) is 13.9. The van der Waals surface area contributed by atoms with Gasteiger partial charge in [-0.3, -0.25) is 38.6 Å². The molecule has 6 aliphatic rings. The summed E-state index contributed by atoms with van der Waals surface area (Å²) in [5, 5.41) is 56.4. The van der Waals surface area contributed by atoms with Crippen molar-refractivity contribution in [3.8, 4) is 0 Å². The third-order valence-corrected chi connectivity index (χ3v) is 19.6. The standard InChI is InChI=1S/C26H30N4O4.C24H26N4O4.C24H24N2O4S2.12CH4/c1-27(13-15-31)19-9-5-17(6-10-19)23-21-22(26(34)29(23)3)24(30(4)25(21)33)18-7-11-20(12-8-18)28(2)14-16-32;1-25(2)17-9-5-15(6-10-17)21-19-20(24(32)27(21)13-29)22(28(14-30)23(19)31)16-7-11-18(12-8-16)26(3)4;1-25-21(15-3-7-17(8-4-15)31-13-11-27)19-20(23(25)29)22(26(2)24(19)30)16-5-9-18(10-6-16)32-14-12-28;;;;;;;;;;;;/h5-12,31-32H,13-16H2,1-4H3;5-12,29-30H,13-14H2,1-4H3;3-10,27-28H,11-14H2,1-2H3;12*1H4. The average molecular weight is 1560 g/mol. The second-order valence-corrected chi connectivity index (χ2v) is 26.3. The highest BCUT2D eigenvalue weighted by Crippen LogP contribution is 2.49. The van der Waals surface area contributed by atoms with Crippen LogP contribution in [0.15, 0.2) is 189 Å². The maximum atomic E-state index is 13.3. The topological polar surface area (TPSA) is 256 Å². The molecule has 6 N–H and O–H groups in total. The quantitative estimate of drug-likeness (QED) is 0.0345. The van der Waals surface area contributed by atoms with Crippen LogP contribution in [0.4, 0.5) is 22.7 Å². The van der Waals surface area contributed by atoms with Crippen LogP contribution in [0, 0.1) is 0 Å². The molecular weight excluding hydrogens is 1430 g/mol. The molecule has 0 atom stereocenters. The van der Waals surface area contributed by atoms with Crippen LogP contribution in [-0.2, 0) is 28.8 Å². The molecule has 0 aliphatic carbocycles. The number of thioether (sulfide) groups is 2. The van der Waals surface area contributed by atoms with Gasteiger partial charge in [0.05, 0.1) is 94.0 Å². The molecule has 0 saturated carbocycles. The fraction of sp³-hybridized carbons (Fsp3) is 0.372. The first-order valence-electron chi connectivity index (χ1n) is 31.6. The van der Waals surface area contributed by atoms with Crippen molar-refractivity contribution in [3.05, 3.63) is 212 Å². The van der Waals surface area contributed by atoms with Crippen molar-refractivity contribution in [2.45, 2.75) is 98.9 Å². The molecule has 12 rings (SSSR count). The third kappa shape index (κ3) is 19.9. The van der Waals surface area contributed by atoms with Crippen molar-refractivity contribution in [1.82, 2.24) is 29.4 Å². The van der Waals surface area contributed by atoms with Gasteiger partial charge < -0.3 is 69.8 Å². The van der Waals surface area contributed by atoms with Crippen LogP contribution in [0.5, 0.6) is 0 Å². The molecule has 6 aromatic carbocycles. The minimum atomic E-state index is -0.560. The summed E-state index contributed by atoms with van der Waals surface area (Å²) in [4.78, 5) is 98.2. The number of hydrogen-bond donors (Lipinski definition) is 6. The Balaban J connectivity index is -0.00000148. The first-order chi connectivity index (χ1) is 47.1. The van der Waals surface area contributed by atoms with Gasteiger partial charge in [-0.15, -0.1) is 23.5 Å². The highest BCUT2D eigenvalue weighted by molar-refractivity contribution is 7.99. The highest BCUT2D eigenvalue weighted by atomic mass is 32.2. The van der Waals surface area contributed by atoms with Crippen molar-refractivity contribution in [2.75, 3.05) is 155 Å². The summed E-state index contributed by atoms with van der Waals surface area (Å²) >= 11 is 3.10. The lowest BCUT2D eigenvalue weighted by Gasteiger charge is -2.23. The van der Waals surface area contributed by atoms with E-state index in [1.807, 2.05) is 207 Å². The van der Waals surface area contributed by atoms with Gasteiger partial charge in [-0.05, 0) is 106 Å². The molecule has 606 valence electrons. The lowest BCUT2D eigenvalue weighted by atomic mass is 10.0. The van der Waals surface area contributed by atoms with E-state index in [0.29, 0.717) is 92.2 Å². The van der Waals surface area contributed by atoms with E-state index in [9.17, 15) is 49.2 Å². The van der Waals surface area contributed by atoms with Gasteiger partial charge in [0.15, 0.2) is 0 Å². The van der Waals surface area contributed by atoms with Crippen LogP contribution in [0.2, 0.25) is 0 Å². The SMILES string of the molecule is C.C.C.C.C.C.C.C.C.C.C.C.CN(C)c1ccc(C2=C3C(=O)N(CO)C(c4ccc(N(C)C)cc4)=C3C(=O)N2CO)cc1.CN1C(=O)C2=C(c3ccc(N(C)CCO)cc3)N(C)C(=O)C2=C1c1ccc(N(C)CCO)cc1.CN1C(=O)C2=C(c3ccc(SCCO)cc3)N(C)C(=O)C2=C1c1ccc(SCCO)cc1. The molecule has 0 fully saturated rings. The Bertz CT molecular complexity index is 4010. The first-order valence-corrected chi connectivity index (χ1v) is 33.6. The Labute approximate surface area is 666 Å². The number of amides is 6. The van der Waals surface area contributed by atoms with Crippen molar-refractivity contribution in [3.63, 3.8) is 0 Å². The van der Waals surface area contributed by atoms with Crippen LogP contribution in [0.3, 0.4) is 0 Å². The van der Waals surface area contributed by atoms with Crippen LogP contribution in [0.1, 0.15) is 123 Å². The zero-order chi connectivity index (χ0) is 70.5. The lowest BCUT2D eigenvalue weighted by molar-refractivity contribution is -0.126. The molecule has 6 aliphatic heterocycles. The van der Waals surface area contributed by atoms with Gasteiger partial charge in [0.1, 0.15) is 13.5 Å². The van der Waals surface area contributed by atoms with Gasteiger partial charge in [-0.2, -0.15) is 0 Å². The van der Waals surface area contributed by atoms with E-state index in [-0.39, 0.29) is 150 Å². The van der Waals surface area contributed by atoms with Gasteiger partial charge in [-0.25, -0.2) is 0 Å². The number of anilines is 4. The number of fused-ring (bicyclic) bond motifs is 3. The Morgan fingerprint density at radius 2 is 0.473 bits per heavy atom. The van der Waals surface area contributed by atoms with E-state index < -0.39 is 25.3 Å². The number of likely N-dealkylation sites (N-methyl/N-ethyl adjacent to an activating group) is 6. The van der Waals surface area contributed by atoms with Crippen molar-refractivity contribution >= 4 is 116 Å². The number of carbonyl (C=O) groups excluding carboxylic acids is 6. The normalized spacial score (nSPS) is 14.1. The molecule has 0 unspecified atom stereocenters. The average Bonchev–Trinajstić information content (AvgIpc) is 1.58. The number of nitrogens with zero attached hydrogens (tertiary/aromatic N) is 10. The molecule has 110 heavy (non-hydrogen) atoms. The summed E-state index contributed by atoms with van der Waals surface area (Å²) in [6.07, 6.45) is 0. The lowest BCUT2D eigenvalue weighted by Crippen LogP contribution is -2.30. The summed E-state index contributed by atoms with van der Waals surface area (Å²) < 4.78 is 0. The zero-order valence-corrected chi connectivity index (χ0v) is 58.0. The number of aliphatic hydroxyl groups excluding tert-OH is 6. The Kier molecular flexibility index (Phi) is 42.5. The Hall–Kier alpha value is -9.76. The maximum Gasteiger partial charge on any atom is 0.263 e. The summed E-state index contributed by atoms with van der Waals surface area (Å²) in [5.74, 6) is -0.512. The van der Waals surface area contributed by atoms with Gasteiger partial charge in [0, 0.05) is 128 Å². The van der Waals surface area contributed by atoms with Gasteiger partial charge >= 0.3 is 0 Å². The number of rotatable bonds is 22. The molecule has 6 heterocycles. The molecule has 24 heteroatoms. The second-order valence-electron chi connectivity index (χ2n) is 24.0. The number of carbonyl (C=O) groups is 6. The molecule has 0 spiro atoms. The zero-order valence-electron chi connectivity index (χ0n) is 56.3. The Morgan fingerprint density at radius 1 is 0.273 bits per heavy atom. The van der Waals surface area contributed by atoms with Crippen LogP contribution in [0.25, 0.3) is 34.2 Å². The van der Waals surface area contributed by atoms with Crippen molar-refractivity contribution in [1.29, 1.82) is 0 Å². The van der Waals surface area contributed by atoms with Crippen LogP contribution >= 0.6 is 23.5 Å². The molecule has 22 nitrogen and oxygen atoms in total. The number of benzene rings is 6. The minimum Gasteiger partial charge on any atom is -0.396 e. The Morgan fingerprint density at radius 3 is 0.673 bits per heavy atom. The van der Waals surface area contributed by atoms with Crippen LogP contribution < -0.4 is 19.6 Å². The van der Waals surface area contributed by atoms with E-state index in [4.69, 9.17) is 10.2 Å². The fourth-order valence-electron chi connectivity index (χ4n) is 12.6. The summed E-state index contributed by atoms with van der Waals surface area (Å²) in [6, 6.07) is 45.5. The van der Waals surface area contributed by atoms with Crippen molar-refractivity contribution < 1.29 is 59.4 Å². The van der Waals surface area contributed by atoms with Gasteiger partial charge in [0.25, 0.3) is 35.4 Å². The molecule has 0 bridgehead atoms. The maximum absolute atomic E-state index is 13.3. The van der Waals surface area contributed by atoms with E-state index in [1.54, 1.807) is 71.3 Å². The van der Waals surface area contributed by atoms with E-state index in [1.165, 1.54) is 9.80 Å². The predicted molar refractivity (Wildman–Crippen MR) is 465 cm³/mol. The van der Waals surface area contributed by atoms with E-state index in [0.717, 1.165) is 54.8 Å². The largest absolute Gasteiger partial charge is 0.396 e. The summed E-state index contributed by atoms with van der Waals surface area (Å²) in [6.45, 7) is 0.240. The summed E-state index contributed by atoms with van der Waals surface area (Å²) in [7, 11) is 18.3. The van der Waals surface area contributed by atoms with Crippen molar-refractivity contribution in [2.24, 2.45) is 0 Å². The number of aliphatic hydroxyl groups is 6. The molecule has 6 amide bonds. The van der Waals surface area contributed by atoms with Crippen LogP contribution in [-0.4, -0.2) is 230 Å². The van der Waals surface area contributed by atoms with Gasteiger partial charge in [0.2, 0.25) is 0 Å². The smallest absolute Gasteiger partial charge is 0.263 e. The summed E-state index contributed by atoms with van der Waals surface area (Å²) in [5.41, 5.74) is 13.5. The molecule has 0 aromatic heterocycles. The first kappa shape index (κ1) is 104. The highest BCUT2D eigenvalue weighted by Gasteiger charge is 2.50. The monoisotopic (exact) mass is 1560 g/mol.